The number of aliphatic carboxylic acids is 1. The van der Waals surface area contributed by atoms with Gasteiger partial charge in [0.2, 0.25) is 0 Å². The predicted molar refractivity (Wildman–Crippen MR) is 49.6 cm³/mol. The van der Waals surface area contributed by atoms with Crippen molar-refractivity contribution in [3.05, 3.63) is 24.5 Å². The highest BCUT2D eigenvalue weighted by atomic mass is 16.4. The fraction of sp³-hybridized carbons (Fsp3) is 0.333. The van der Waals surface area contributed by atoms with Gasteiger partial charge in [0.25, 0.3) is 0 Å². The van der Waals surface area contributed by atoms with Crippen molar-refractivity contribution in [1.82, 2.24) is 4.98 Å². The van der Waals surface area contributed by atoms with Crippen LogP contribution in [0.3, 0.4) is 0 Å². The number of carboxylic acid groups (broad SMARTS) is 1. The topological polar surface area (TPSA) is 62.2 Å². The Hall–Kier alpha value is -1.58. The molecule has 4 heteroatoms. The number of nitrogens with zero attached hydrogens (tertiary/aromatic N) is 1. The van der Waals surface area contributed by atoms with E-state index >= 15 is 0 Å². The highest BCUT2D eigenvalue weighted by molar-refractivity contribution is 5.77. The quantitative estimate of drug-likeness (QED) is 0.734. The molecule has 0 saturated heterocycles. The third kappa shape index (κ3) is 2.74. The van der Waals surface area contributed by atoms with Gasteiger partial charge in [-0.05, 0) is 18.6 Å². The summed E-state index contributed by atoms with van der Waals surface area (Å²) >= 11 is 0. The van der Waals surface area contributed by atoms with Gasteiger partial charge < -0.3 is 10.4 Å². The lowest BCUT2D eigenvalue weighted by Crippen LogP contribution is -2.28. The number of hydrogen-bond donors (Lipinski definition) is 2. The van der Waals surface area contributed by atoms with E-state index in [-0.39, 0.29) is 0 Å². The van der Waals surface area contributed by atoms with Gasteiger partial charge in [-0.3, -0.25) is 4.98 Å². The third-order valence-corrected chi connectivity index (χ3v) is 1.71. The summed E-state index contributed by atoms with van der Waals surface area (Å²) in [5, 5.41) is 11.6. The number of pyridine rings is 1. The maximum Gasteiger partial charge on any atom is 0.326 e. The number of anilines is 1. The monoisotopic (exact) mass is 180 g/mol. The Morgan fingerprint density at radius 2 is 2.54 bits per heavy atom. The molecule has 13 heavy (non-hydrogen) atoms. The molecule has 0 aliphatic rings. The van der Waals surface area contributed by atoms with Crippen LogP contribution in [0.4, 0.5) is 5.69 Å². The summed E-state index contributed by atoms with van der Waals surface area (Å²) in [4.78, 5) is 14.5. The van der Waals surface area contributed by atoms with Crippen molar-refractivity contribution in [2.24, 2.45) is 0 Å². The molecule has 0 saturated carbocycles. The Kier molecular flexibility index (Phi) is 3.25. The first kappa shape index (κ1) is 9.51. The van der Waals surface area contributed by atoms with Gasteiger partial charge in [-0.1, -0.05) is 6.92 Å². The summed E-state index contributed by atoms with van der Waals surface area (Å²) in [5.74, 6) is -0.841. The lowest BCUT2D eigenvalue weighted by atomic mass is 10.2. The van der Waals surface area contributed by atoms with E-state index < -0.39 is 12.0 Å². The molecule has 1 atom stereocenters. The first-order valence-corrected chi connectivity index (χ1v) is 4.13. The van der Waals surface area contributed by atoms with E-state index in [1.54, 1.807) is 24.5 Å². The molecule has 0 bridgehead atoms. The summed E-state index contributed by atoms with van der Waals surface area (Å²) < 4.78 is 0. The molecular weight excluding hydrogens is 168 g/mol. The van der Waals surface area contributed by atoms with Crippen LogP contribution in [0.15, 0.2) is 24.5 Å². The Balaban J connectivity index is 2.62. The molecule has 1 rings (SSSR count). The molecule has 0 radical (unpaired) electrons. The van der Waals surface area contributed by atoms with E-state index in [4.69, 9.17) is 5.11 Å². The molecule has 0 unspecified atom stereocenters. The van der Waals surface area contributed by atoms with Crippen molar-refractivity contribution in [1.29, 1.82) is 0 Å². The number of carbonyl (C=O) groups is 1. The van der Waals surface area contributed by atoms with Crippen molar-refractivity contribution in [2.75, 3.05) is 5.32 Å². The van der Waals surface area contributed by atoms with Crippen molar-refractivity contribution in [3.63, 3.8) is 0 Å². The van der Waals surface area contributed by atoms with Crippen molar-refractivity contribution >= 4 is 11.7 Å². The van der Waals surface area contributed by atoms with Crippen LogP contribution in [-0.4, -0.2) is 22.1 Å². The Morgan fingerprint density at radius 3 is 3.00 bits per heavy atom. The smallest absolute Gasteiger partial charge is 0.326 e. The minimum atomic E-state index is -0.841. The van der Waals surface area contributed by atoms with Gasteiger partial charge in [0.1, 0.15) is 6.04 Å². The molecule has 0 aliphatic carbocycles. The van der Waals surface area contributed by atoms with Crippen LogP contribution in [0.2, 0.25) is 0 Å². The van der Waals surface area contributed by atoms with E-state index in [1.165, 1.54) is 0 Å². The molecular formula is C9H12N2O2. The first-order valence-electron chi connectivity index (χ1n) is 4.13. The summed E-state index contributed by atoms with van der Waals surface area (Å²) in [6.07, 6.45) is 3.79. The van der Waals surface area contributed by atoms with Gasteiger partial charge in [0.05, 0.1) is 5.69 Å². The van der Waals surface area contributed by atoms with Gasteiger partial charge >= 0.3 is 5.97 Å². The maximum absolute atomic E-state index is 10.7. The first-order chi connectivity index (χ1) is 6.24. The highest BCUT2D eigenvalue weighted by Gasteiger charge is 2.13. The van der Waals surface area contributed by atoms with Crippen molar-refractivity contribution in [3.8, 4) is 0 Å². The highest BCUT2D eigenvalue weighted by Crippen LogP contribution is 2.06. The number of nitrogens with one attached hydrogen (secondary N) is 1. The number of hydrogen-bond acceptors (Lipinski definition) is 3. The average Bonchev–Trinajstić information content (AvgIpc) is 2.15. The van der Waals surface area contributed by atoms with E-state index in [1.807, 2.05) is 6.92 Å². The Morgan fingerprint density at radius 1 is 1.77 bits per heavy atom. The maximum atomic E-state index is 10.7. The van der Waals surface area contributed by atoms with E-state index in [0.717, 1.165) is 5.69 Å². The minimum Gasteiger partial charge on any atom is -0.480 e. The van der Waals surface area contributed by atoms with E-state index in [2.05, 4.69) is 10.3 Å². The van der Waals surface area contributed by atoms with Gasteiger partial charge in [-0.2, -0.15) is 0 Å². The van der Waals surface area contributed by atoms with Crippen LogP contribution in [0.5, 0.6) is 0 Å². The molecule has 2 N–H and O–H groups in total. The van der Waals surface area contributed by atoms with Crippen LogP contribution in [0.1, 0.15) is 13.3 Å². The average molecular weight is 180 g/mol. The Labute approximate surface area is 76.6 Å². The Bertz CT molecular complexity index is 274. The zero-order valence-electron chi connectivity index (χ0n) is 7.40. The second-order valence-corrected chi connectivity index (χ2v) is 2.69. The van der Waals surface area contributed by atoms with Gasteiger partial charge in [-0.25, -0.2) is 4.79 Å². The van der Waals surface area contributed by atoms with Crippen molar-refractivity contribution in [2.45, 2.75) is 19.4 Å². The van der Waals surface area contributed by atoms with Gasteiger partial charge in [0, 0.05) is 12.4 Å². The normalized spacial score (nSPS) is 12.1. The molecule has 0 amide bonds. The molecule has 0 fully saturated rings. The van der Waals surface area contributed by atoms with Crippen LogP contribution >= 0.6 is 0 Å². The molecule has 1 aromatic heterocycles. The van der Waals surface area contributed by atoms with E-state index in [9.17, 15) is 4.79 Å². The third-order valence-electron chi connectivity index (χ3n) is 1.71. The number of carboxylic acids is 1. The zero-order valence-corrected chi connectivity index (χ0v) is 7.40. The predicted octanol–water partition coefficient (Wildman–Crippen LogP) is 1.36. The number of aromatic nitrogens is 1. The van der Waals surface area contributed by atoms with Crippen LogP contribution in [0.25, 0.3) is 0 Å². The molecule has 4 nitrogen and oxygen atoms in total. The summed E-state index contributed by atoms with van der Waals surface area (Å²) in [6, 6.07) is 3.01. The SMILES string of the molecule is CC[C@H](Nc1cccnc1)C(=O)O. The van der Waals surface area contributed by atoms with Crippen LogP contribution < -0.4 is 5.32 Å². The molecule has 1 heterocycles. The van der Waals surface area contributed by atoms with Gasteiger partial charge in [0.15, 0.2) is 0 Å². The van der Waals surface area contributed by atoms with E-state index in [0.29, 0.717) is 6.42 Å². The lowest BCUT2D eigenvalue weighted by molar-refractivity contribution is -0.137. The largest absolute Gasteiger partial charge is 0.480 e. The van der Waals surface area contributed by atoms with Crippen molar-refractivity contribution < 1.29 is 9.90 Å². The second kappa shape index (κ2) is 4.45. The molecule has 0 spiro atoms. The van der Waals surface area contributed by atoms with Crippen LogP contribution in [0, 0.1) is 0 Å². The standard InChI is InChI=1S/C9H12N2O2/c1-2-8(9(12)13)11-7-4-3-5-10-6-7/h3-6,8,11H,2H2,1H3,(H,12,13)/t8-/m0/s1. The fourth-order valence-corrected chi connectivity index (χ4v) is 0.988. The molecule has 70 valence electrons. The van der Waals surface area contributed by atoms with Crippen LogP contribution in [-0.2, 0) is 4.79 Å². The summed E-state index contributed by atoms with van der Waals surface area (Å²) in [6.45, 7) is 1.82. The summed E-state index contributed by atoms with van der Waals surface area (Å²) in [7, 11) is 0. The molecule has 0 aliphatic heterocycles. The number of rotatable bonds is 4. The second-order valence-electron chi connectivity index (χ2n) is 2.69. The molecule has 0 aromatic carbocycles. The fourth-order valence-electron chi connectivity index (χ4n) is 0.988. The zero-order chi connectivity index (χ0) is 9.68. The van der Waals surface area contributed by atoms with Gasteiger partial charge in [-0.15, -0.1) is 0 Å². The minimum absolute atomic E-state index is 0.538. The molecule has 1 aromatic rings. The lowest BCUT2D eigenvalue weighted by Gasteiger charge is -2.12. The summed E-state index contributed by atoms with van der Waals surface area (Å²) in [5.41, 5.74) is 0.733.